The highest BCUT2D eigenvalue weighted by molar-refractivity contribution is 5.83. The molecule has 0 aliphatic rings. The van der Waals surface area contributed by atoms with Crippen LogP contribution >= 0.6 is 0 Å². The van der Waals surface area contributed by atoms with Gasteiger partial charge in [0, 0.05) is 6.20 Å². The first-order chi connectivity index (χ1) is 5.42. The Labute approximate surface area is 64.0 Å². The Bertz CT molecular complexity index is 367. The average molecular weight is 149 g/mol. The van der Waals surface area contributed by atoms with Crippen LogP contribution in [0.5, 0.6) is 5.75 Å². The van der Waals surface area contributed by atoms with E-state index in [0.29, 0.717) is 0 Å². The van der Waals surface area contributed by atoms with Crippen molar-refractivity contribution in [3.8, 4) is 5.75 Å². The fourth-order valence-corrected chi connectivity index (χ4v) is 1.16. The van der Waals surface area contributed by atoms with Crippen LogP contribution in [-0.2, 0) is 0 Å². The van der Waals surface area contributed by atoms with Gasteiger partial charge < -0.3 is 9.72 Å². The van der Waals surface area contributed by atoms with Gasteiger partial charge in [0.1, 0.15) is 5.52 Å². The van der Waals surface area contributed by atoms with E-state index in [1.54, 1.807) is 7.11 Å². The molecule has 2 heterocycles. The van der Waals surface area contributed by atoms with Gasteiger partial charge in [-0.3, -0.25) is 0 Å². The molecule has 56 valence electrons. The molecule has 0 atom stereocenters. The van der Waals surface area contributed by atoms with E-state index in [1.165, 1.54) is 0 Å². The summed E-state index contributed by atoms with van der Waals surface area (Å²) in [7, 11) is 1.66. The molecule has 0 unspecified atom stereocenters. The van der Waals surface area contributed by atoms with Crippen molar-refractivity contribution < 1.29 is 9.72 Å². The van der Waals surface area contributed by atoms with Crippen LogP contribution in [0, 0.1) is 0 Å². The van der Waals surface area contributed by atoms with Crippen molar-refractivity contribution in [2.45, 2.75) is 0 Å². The number of rotatable bonds is 1. The van der Waals surface area contributed by atoms with Crippen molar-refractivity contribution in [1.82, 2.24) is 4.98 Å². The molecular formula is C8H9N2O+. The molecule has 0 aromatic carbocycles. The Kier molecular flexibility index (Phi) is 1.28. The maximum absolute atomic E-state index is 5.13. The zero-order chi connectivity index (χ0) is 7.68. The summed E-state index contributed by atoms with van der Waals surface area (Å²) >= 11 is 0. The van der Waals surface area contributed by atoms with Gasteiger partial charge >= 0.3 is 0 Å². The van der Waals surface area contributed by atoms with Gasteiger partial charge in [-0.15, -0.1) is 0 Å². The number of nitrogens with one attached hydrogen (secondary N) is 2. The first kappa shape index (κ1) is 6.22. The molecule has 2 aromatic rings. The molecule has 2 aromatic heterocycles. The lowest BCUT2D eigenvalue weighted by molar-refractivity contribution is -0.376. The number of aromatic nitrogens is 2. The SMILES string of the molecule is COc1c[nH+]cc2[nH]ccc12. The second-order valence-electron chi connectivity index (χ2n) is 2.33. The van der Waals surface area contributed by atoms with E-state index in [9.17, 15) is 0 Å². The first-order valence-electron chi connectivity index (χ1n) is 3.43. The molecule has 0 saturated heterocycles. The summed E-state index contributed by atoms with van der Waals surface area (Å²) in [6.07, 6.45) is 5.62. The second-order valence-corrected chi connectivity index (χ2v) is 2.33. The highest BCUT2D eigenvalue weighted by Crippen LogP contribution is 2.20. The zero-order valence-electron chi connectivity index (χ0n) is 6.22. The maximum Gasteiger partial charge on any atom is 0.210 e. The lowest BCUT2D eigenvalue weighted by Gasteiger charge is -1.94. The smallest absolute Gasteiger partial charge is 0.210 e. The van der Waals surface area contributed by atoms with E-state index in [0.717, 1.165) is 16.7 Å². The van der Waals surface area contributed by atoms with Crippen LogP contribution < -0.4 is 9.72 Å². The molecule has 0 radical (unpaired) electrons. The van der Waals surface area contributed by atoms with Crippen LogP contribution in [0.15, 0.2) is 24.7 Å². The van der Waals surface area contributed by atoms with Gasteiger partial charge in [0.05, 0.1) is 12.5 Å². The molecule has 0 spiro atoms. The minimum Gasteiger partial charge on any atom is -0.490 e. The molecule has 0 amide bonds. The first-order valence-corrected chi connectivity index (χ1v) is 3.43. The van der Waals surface area contributed by atoms with Crippen molar-refractivity contribution in [3.05, 3.63) is 24.7 Å². The largest absolute Gasteiger partial charge is 0.490 e. The van der Waals surface area contributed by atoms with Crippen LogP contribution in [-0.4, -0.2) is 12.1 Å². The molecule has 0 fully saturated rings. The van der Waals surface area contributed by atoms with Crippen molar-refractivity contribution in [2.24, 2.45) is 0 Å². The van der Waals surface area contributed by atoms with Gasteiger partial charge in [-0.25, -0.2) is 4.98 Å². The summed E-state index contributed by atoms with van der Waals surface area (Å²) < 4.78 is 5.13. The molecule has 0 bridgehead atoms. The van der Waals surface area contributed by atoms with Gasteiger partial charge in [0.15, 0.2) is 11.9 Å². The Morgan fingerprint density at radius 3 is 3.18 bits per heavy atom. The number of methoxy groups -OCH3 is 1. The monoisotopic (exact) mass is 149 g/mol. The van der Waals surface area contributed by atoms with Crippen LogP contribution in [0.3, 0.4) is 0 Å². The molecule has 0 aliphatic carbocycles. The highest BCUT2D eigenvalue weighted by Gasteiger charge is 2.04. The number of pyridine rings is 1. The summed E-state index contributed by atoms with van der Waals surface area (Å²) in [5.41, 5.74) is 1.06. The Morgan fingerprint density at radius 1 is 1.45 bits per heavy atom. The third-order valence-electron chi connectivity index (χ3n) is 1.71. The van der Waals surface area contributed by atoms with Crippen LogP contribution in [0.4, 0.5) is 0 Å². The van der Waals surface area contributed by atoms with Gasteiger partial charge in [0.2, 0.25) is 6.20 Å². The van der Waals surface area contributed by atoms with E-state index in [1.807, 2.05) is 24.7 Å². The van der Waals surface area contributed by atoms with Crippen LogP contribution in [0.2, 0.25) is 0 Å². The summed E-state index contributed by atoms with van der Waals surface area (Å²) in [4.78, 5) is 6.07. The number of hydrogen-bond donors (Lipinski definition) is 1. The Hall–Kier alpha value is -1.51. The predicted molar refractivity (Wildman–Crippen MR) is 41.4 cm³/mol. The zero-order valence-corrected chi connectivity index (χ0v) is 6.22. The van der Waals surface area contributed by atoms with Crippen molar-refractivity contribution in [1.29, 1.82) is 0 Å². The minimum atomic E-state index is 0.865. The standard InChI is InChI=1S/C8H8N2O/c1-11-8-5-9-4-7-6(8)2-3-10-7/h2-5,10H,1H3/p+1. The second kappa shape index (κ2) is 2.27. The molecule has 2 rings (SSSR count). The predicted octanol–water partition coefficient (Wildman–Crippen LogP) is 0.991. The van der Waals surface area contributed by atoms with Crippen LogP contribution in [0.25, 0.3) is 10.9 Å². The highest BCUT2D eigenvalue weighted by atomic mass is 16.5. The fraction of sp³-hybridized carbons (Fsp3) is 0.125. The third kappa shape index (κ3) is 0.852. The summed E-state index contributed by atoms with van der Waals surface area (Å²) in [6, 6.07) is 1.99. The van der Waals surface area contributed by atoms with E-state index in [4.69, 9.17) is 4.74 Å². The summed E-state index contributed by atoms with van der Waals surface area (Å²) in [6.45, 7) is 0. The molecule has 11 heavy (non-hydrogen) atoms. The number of H-pyrrole nitrogens is 2. The van der Waals surface area contributed by atoms with Crippen molar-refractivity contribution in [3.63, 3.8) is 0 Å². The van der Waals surface area contributed by atoms with Crippen molar-refractivity contribution >= 4 is 10.9 Å². The number of hydrogen-bond acceptors (Lipinski definition) is 1. The van der Waals surface area contributed by atoms with Gasteiger partial charge in [0.25, 0.3) is 0 Å². The van der Waals surface area contributed by atoms with Crippen molar-refractivity contribution in [2.75, 3.05) is 7.11 Å². The van der Waals surface area contributed by atoms with E-state index in [2.05, 4.69) is 9.97 Å². The average Bonchev–Trinajstić information content (AvgIpc) is 2.50. The normalized spacial score (nSPS) is 10.3. The fourth-order valence-electron chi connectivity index (χ4n) is 1.16. The van der Waals surface area contributed by atoms with Gasteiger partial charge in [-0.05, 0) is 6.07 Å². The third-order valence-corrected chi connectivity index (χ3v) is 1.71. The molecule has 3 heteroatoms. The van der Waals surface area contributed by atoms with E-state index >= 15 is 0 Å². The number of aromatic amines is 2. The topological polar surface area (TPSA) is 39.2 Å². The quantitative estimate of drug-likeness (QED) is 0.645. The molecule has 2 N–H and O–H groups in total. The van der Waals surface area contributed by atoms with Crippen LogP contribution in [0.1, 0.15) is 0 Å². The molecule has 0 aliphatic heterocycles. The Morgan fingerprint density at radius 2 is 2.36 bits per heavy atom. The summed E-state index contributed by atoms with van der Waals surface area (Å²) in [5, 5.41) is 1.10. The minimum absolute atomic E-state index is 0.865. The lowest BCUT2D eigenvalue weighted by Crippen LogP contribution is -2.00. The maximum atomic E-state index is 5.13. The summed E-state index contributed by atoms with van der Waals surface area (Å²) in [5.74, 6) is 0.865. The lowest BCUT2D eigenvalue weighted by atomic mass is 10.3. The number of fused-ring (bicyclic) bond motifs is 1. The molecule has 3 nitrogen and oxygen atoms in total. The molecular weight excluding hydrogens is 140 g/mol. The van der Waals surface area contributed by atoms with Gasteiger partial charge in [-0.1, -0.05) is 0 Å². The van der Waals surface area contributed by atoms with Gasteiger partial charge in [-0.2, -0.15) is 0 Å². The number of ether oxygens (including phenoxy) is 1. The van der Waals surface area contributed by atoms with E-state index < -0.39 is 0 Å². The Balaban J connectivity index is 2.79. The molecule has 0 saturated carbocycles. The van der Waals surface area contributed by atoms with E-state index in [-0.39, 0.29) is 0 Å².